The van der Waals surface area contributed by atoms with E-state index in [0.717, 1.165) is 22.3 Å². The molecule has 0 aliphatic rings. The molecule has 0 saturated heterocycles. The number of aliphatic imine (C=N–C) groups is 2. The molecule has 0 unspecified atom stereocenters. The summed E-state index contributed by atoms with van der Waals surface area (Å²) in [6, 6.07) is 16.3. The molecule has 2 aromatic rings. The predicted octanol–water partition coefficient (Wildman–Crippen LogP) is 4.96. The molecule has 0 aliphatic heterocycles. The first-order chi connectivity index (χ1) is 12.8. The standard InChI is InChI=1S/C18H18N8/c19-25-23-11-9-21-13-15-1-5-17(6-2-15)18-7-3-16(4-8-18)14-22-10-12-24-26-20/h1-9,14H,10-13H2. The Bertz CT molecular complexity index is 840. The van der Waals surface area contributed by atoms with Gasteiger partial charge in [0.2, 0.25) is 0 Å². The van der Waals surface area contributed by atoms with Crippen LogP contribution in [0.15, 0.2) is 68.7 Å². The molecular formula is C18H18N8. The molecule has 0 fully saturated rings. The summed E-state index contributed by atoms with van der Waals surface area (Å²) >= 11 is 0. The predicted molar refractivity (Wildman–Crippen MR) is 105 cm³/mol. The monoisotopic (exact) mass is 346 g/mol. The zero-order chi connectivity index (χ0) is 18.5. The van der Waals surface area contributed by atoms with Crippen molar-refractivity contribution in [3.05, 3.63) is 80.5 Å². The van der Waals surface area contributed by atoms with Crippen molar-refractivity contribution in [2.24, 2.45) is 20.2 Å². The van der Waals surface area contributed by atoms with Gasteiger partial charge in [-0.1, -0.05) is 58.8 Å². The van der Waals surface area contributed by atoms with Crippen LogP contribution >= 0.6 is 0 Å². The van der Waals surface area contributed by atoms with Gasteiger partial charge in [-0.15, -0.1) is 0 Å². The van der Waals surface area contributed by atoms with Crippen LogP contribution in [0, 0.1) is 0 Å². The minimum atomic E-state index is 0.274. The fourth-order valence-corrected chi connectivity index (χ4v) is 2.18. The Labute approximate surface area is 151 Å². The molecule has 130 valence electrons. The highest BCUT2D eigenvalue weighted by Gasteiger charge is 1.98. The Morgan fingerprint density at radius 2 is 1.42 bits per heavy atom. The van der Waals surface area contributed by atoms with Crippen molar-refractivity contribution >= 4 is 12.4 Å². The van der Waals surface area contributed by atoms with Gasteiger partial charge in [-0.25, -0.2) is 0 Å². The topological polar surface area (TPSA) is 122 Å². The number of benzene rings is 2. The van der Waals surface area contributed by atoms with E-state index in [1.165, 1.54) is 0 Å². The fraction of sp³-hybridized carbons (Fsp3) is 0.222. The number of hydrogen-bond acceptors (Lipinski definition) is 4. The molecule has 0 spiro atoms. The molecule has 0 heterocycles. The van der Waals surface area contributed by atoms with Crippen molar-refractivity contribution in [2.45, 2.75) is 6.54 Å². The first kappa shape index (κ1) is 18.7. The van der Waals surface area contributed by atoms with Gasteiger partial charge in [0.15, 0.2) is 0 Å². The van der Waals surface area contributed by atoms with Gasteiger partial charge in [-0.2, -0.15) is 0 Å². The normalized spacial score (nSPS) is 10.6. The number of nitrogens with zero attached hydrogens (tertiary/aromatic N) is 8. The SMILES string of the molecule is [N-]=[N+]=NCC=NCc1ccc(-c2ccc(C=NCCN=[N+]=[N-])cc2)cc1. The summed E-state index contributed by atoms with van der Waals surface area (Å²) < 4.78 is 0. The lowest BCUT2D eigenvalue weighted by atomic mass is 10.0. The highest BCUT2D eigenvalue weighted by atomic mass is 15.1. The van der Waals surface area contributed by atoms with Gasteiger partial charge < -0.3 is 0 Å². The largest absolute Gasteiger partial charge is 0.293 e. The molecule has 2 aromatic carbocycles. The Balaban J connectivity index is 1.93. The number of rotatable bonds is 9. The Hall–Kier alpha value is -3.60. The van der Waals surface area contributed by atoms with Crippen LogP contribution in [0.25, 0.3) is 32.0 Å². The van der Waals surface area contributed by atoms with Gasteiger partial charge in [-0.05, 0) is 33.3 Å². The van der Waals surface area contributed by atoms with Crippen LogP contribution in [0.5, 0.6) is 0 Å². The Kier molecular flexibility index (Phi) is 7.96. The molecule has 0 N–H and O–H groups in total. The minimum absolute atomic E-state index is 0.274. The van der Waals surface area contributed by atoms with E-state index >= 15 is 0 Å². The van der Waals surface area contributed by atoms with E-state index < -0.39 is 0 Å². The summed E-state index contributed by atoms with van der Waals surface area (Å²) in [5, 5.41) is 6.83. The van der Waals surface area contributed by atoms with E-state index in [0.29, 0.717) is 19.6 Å². The zero-order valence-corrected chi connectivity index (χ0v) is 14.2. The smallest absolute Gasteiger partial charge is 0.0635 e. The van der Waals surface area contributed by atoms with Gasteiger partial charge in [0.05, 0.1) is 13.1 Å². The third-order valence-corrected chi connectivity index (χ3v) is 3.46. The molecule has 0 radical (unpaired) electrons. The Morgan fingerprint density at radius 1 is 0.769 bits per heavy atom. The second kappa shape index (κ2) is 11.0. The van der Waals surface area contributed by atoms with Gasteiger partial charge in [-0.3, -0.25) is 9.98 Å². The van der Waals surface area contributed by atoms with E-state index in [-0.39, 0.29) is 6.54 Å². The van der Waals surface area contributed by atoms with Crippen molar-refractivity contribution < 1.29 is 0 Å². The summed E-state index contributed by atoms with van der Waals surface area (Å²) in [5.74, 6) is 0. The van der Waals surface area contributed by atoms with Crippen LogP contribution in [0.2, 0.25) is 0 Å². The maximum absolute atomic E-state index is 8.20. The van der Waals surface area contributed by atoms with Crippen LogP contribution in [0.4, 0.5) is 0 Å². The maximum Gasteiger partial charge on any atom is 0.0635 e. The van der Waals surface area contributed by atoms with Crippen molar-refractivity contribution in [1.29, 1.82) is 0 Å². The Morgan fingerprint density at radius 3 is 2.08 bits per heavy atom. The maximum atomic E-state index is 8.20. The zero-order valence-electron chi connectivity index (χ0n) is 14.2. The molecule has 2 rings (SSSR count). The summed E-state index contributed by atoms with van der Waals surface area (Å²) in [6.45, 7) is 1.69. The summed E-state index contributed by atoms with van der Waals surface area (Å²) in [4.78, 5) is 13.8. The lowest BCUT2D eigenvalue weighted by molar-refractivity contribution is 0.968. The van der Waals surface area contributed by atoms with Gasteiger partial charge in [0.1, 0.15) is 0 Å². The molecular weight excluding hydrogens is 328 g/mol. The molecule has 0 bridgehead atoms. The average molecular weight is 346 g/mol. The third-order valence-electron chi connectivity index (χ3n) is 3.46. The molecule has 0 aromatic heterocycles. The van der Waals surface area contributed by atoms with Crippen molar-refractivity contribution in [3.63, 3.8) is 0 Å². The molecule has 0 atom stereocenters. The summed E-state index contributed by atoms with van der Waals surface area (Å²) in [6.07, 6.45) is 3.38. The first-order valence-corrected chi connectivity index (χ1v) is 8.02. The van der Waals surface area contributed by atoms with Crippen molar-refractivity contribution in [2.75, 3.05) is 19.6 Å². The average Bonchev–Trinajstić information content (AvgIpc) is 2.69. The molecule has 0 saturated carbocycles. The quantitative estimate of drug-likeness (QED) is 0.200. The number of azide groups is 2. The molecule has 8 heteroatoms. The molecule has 8 nitrogen and oxygen atoms in total. The second-order valence-electron chi connectivity index (χ2n) is 5.25. The lowest BCUT2D eigenvalue weighted by Crippen LogP contribution is -1.88. The second-order valence-corrected chi connectivity index (χ2v) is 5.25. The van der Waals surface area contributed by atoms with Crippen LogP contribution in [0.3, 0.4) is 0 Å². The molecule has 0 aliphatic carbocycles. The minimum Gasteiger partial charge on any atom is -0.293 e. The van der Waals surface area contributed by atoms with E-state index in [2.05, 4.69) is 42.2 Å². The highest BCUT2D eigenvalue weighted by Crippen LogP contribution is 2.20. The first-order valence-electron chi connectivity index (χ1n) is 8.02. The summed E-state index contributed by atoms with van der Waals surface area (Å²) in [5.41, 5.74) is 20.7. The van der Waals surface area contributed by atoms with Crippen LogP contribution < -0.4 is 0 Å². The van der Waals surface area contributed by atoms with E-state index in [1.807, 2.05) is 36.4 Å². The number of hydrogen-bond donors (Lipinski definition) is 0. The van der Waals surface area contributed by atoms with Gasteiger partial charge in [0, 0.05) is 35.3 Å². The van der Waals surface area contributed by atoms with Crippen LogP contribution in [0.1, 0.15) is 11.1 Å². The van der Waals surface area contributed by atoms with E-state index in [4.69, 9.17) is 11.1 Å². The molecule has 26 heavy (non-hydrogen) atoms. The lowest BCUT2D eigenvalue weighted by Gasteiger charge is -2.04. The molecule has 0 amide bonds. The van der Waals surface area contributed by atoms with Gasteiger partial charge in [0.25, 0.3) is 0 Å². The fourth-order valence-electron chi connectivity index (χ4n) is 2.18. The van der Waals surface area contributed by atoms with E-state index in [1.54, 1.807) is 12.4 Å². The third kappa shape index (κ3) is 6.49. The van der Waals surface area contributed by atoms with Crippen LogP contribution in [-0.4, -0.2) is 32.1 Å². The van der Waals surface area contributed by atoms with Crippen molar-refractivity contribution in [1.82, 2.24) is 0 Å². The highest BCUT2D eigenvalue weighted by molar-refractivity contribution is 5.81. The van der Waals surface area contributed by atoms with Crippen LogP contribution in [-0.2, 0) is 6.54 Å². The summed E-state index contributed by atoms with van der Waals surface area (Å²) in [7, 11) is 0. The van der Waals surface area contributed by atoms with E-state index in [9.17, 15) is 0 Å². The van der Waals surface area contributed by atoms with Gasteiger partial charge >= 0.3 is 0 Å². The van der Waals surface area contributed by atoms with Crippen molar-refractivity contribution in [3.8, 4) is 11.1 Å².